The molecule has 0 radical (unpaired) electrons. The van der Waals surface area contributed by atoms with Crippen molar-refractivity contribution in [2.24, 2.45) is 5.92 Å². The van der Waals surface area contributed by atoms with Crippen LogP contribution in [0, 0.1) is 5.92 Å². The van der Waals surface area contributed by atoms with Gasteiger partial charge in [-0.15, -0.1) is 11.8 Å². The van der Waals surface area contributed by atoms with Crippen LogP contribution in [0.1, 0.15) is 42.5 Å². The highest BCUT2D eigenvalue weighted by Gasteiger charge is 2.16. The van der Waals surface area contributed by atoms with E-state index in [0.717, 1.165) is 21.6 Å². The summed E-state index contributed by atoms with van der Waals surface area (Å²) in [4.78, 5) is 25.8. The van der Waals surface area contributed by atoms with E-state index in [1.807, 2.05) is 42.5 Å². The van der Waals surface area contributed by atoms with Crippen LogP contribution < -0.4 is 10.6 Å². The Bertz CT molecular complexity index is 822. The van der Waals surface area contributed by atoms with E-state index >= 15 is 0 Å². The van der Waals surface area contributed by atoms with E-state index in [1.54, 1.807) is 6.07 Å². The lowest BCUT2D eigenvalue weighted by Gasteiger charge is -2.21. The second-order valence-corrected chi connectivity index (χ2v) is 8.90. The molecular weight excluding hydrogens is 436 g/mol. The van der Waals surface area contributed by atoms with E-state index in [9.17, 15) is 9.59 Å². The average Bonchev–Trinajstić information content (AvgIpc) is 2.73. The van der Waals surface area contributed by atoms with Crippen LogP contribution in [0.3, 0.4) is 0 Å². The zero-order chi connectivity index (χ0) is 19.8. The lowest BCUT2D eigenvalue weighted by molar-refractivity contribution is -0.118. The molecule has 3 rings (SSSR count). The van der Waals surface area contributed by atoms with Crippen molar-refractivity contribution < 1.29 is 9.59 Å². The molecular formula is C22H25BrN2O2S. The maximum atomic E-state index is 12.7. The van der Waals surface area contributed by atoms with Crippen molar-refractivity contribution in [3.8, 4) is 0 Å². The summed E-state index contributed by atoms with van der Waals surface area (Å²) in [5, 5.41) is 5.98. The zero-order valence-electron chi connectivity index (χ0n) is 15.7. The Morgan fingerprint density at radius 3 is 2.50 bits per heavy atom. The normalized spacial score (nSPS) is 14.5. The van der Waals surface area contributed by atoms with Gasteiger partial charge in [0.05, 0.1) is 17.0 Å². The Morgan fingerprint density at radius 2 is 1.71 bits per heavy atom. The highest BCUT2D eigenvalue weighted by Crippen LogP contribution is 2.26. The van der Waals surface area contributed by atoms with E-state index < -0.39 is 0 Å². The van der Waals surface area contributed by atoms with Crippen LogP contribution in [0.2, 0.25) is 0 Å². The van der Waals surface area contributed by atoms with Crippen molar-refractivity contribution in [2.75, 3.05) is 17.6 Å². The minimum Gasteiger partial charge on any atom is -0.355 e. The lowest BCUT2D eigenvalue weighted by Crippen LogP contribution is -2.31. The minimum absolute atomic E-state index is 0.0246. The van der Waals surface area contributed by atoms with Gasteiger partial charge in [0.1, 0.15) is 0 Å². The molecule has 2 aromatic rings. The van der Waals surface area contributed by atoms with Crippen molar-refractivity contribution in [2.45, 2.75) is 37.0 Å². The van der Waals surface area contributed by atoms with Crippen LogP contribution in [0.5, 0.6) is 0 Å². The summed E-state index contributed by atoms with van der Waals surface area (Å²) in [5.41, 5.74) is 1.29. The largest absolute Gasteiger partial charge is 0.355 e. The third kappa shape index (κ3) is 6.11. The van der Waals surface area contributed by atoms with Crippen molar-refractivity contribution in [3.05, 3.63) is 58.6 Å². The molecule has 148 valence electrons. The molecule has 0 aromatic heterocycles. The van der Waals surface area contributed by atoms with Crippen LogP contribution in [0.4, 0.5) is 5.69 Å². The number of halogens is 1. The smallest absolute Gasteiger partial charge is 0.256 e. The summed E-state index contributed by atoms with van der Waals surface area (Å²) < 4.78 is 0.829. The number of thioether (sulfide) groups is 1. The summed E-state index contributed by atoms with van der Waals surface area (Å²) >= 11 is 4.84. The van der Waals surface area contributed by atoms with Gasteiger partial charge in [-0.3, -0.25) is 9.59 Å². The van der Waals surface area contributed by atoms with E-state index in [2.05, 4.69) is 26.6 Å². The fourth-order valence-electron chi connectivity index (χ4n) is 3.38. The molecule has 1 fully saturated rings. The highest BCUT2D eigenvalue weighted by atomic mass is 79.9. The maximum absolute atomic E-state index is 12.7. The molecule has 2 aromatic carbocycles. The van der Waals surface area contributed by atoms with Crippen molar-refractivity contribution in [3.63, 3.8) is 0 Å². The first-order chi connectivity index (χ1) is 13.6. The fraction of sp³-hybridized carbons (Fsp3) is 0.364. The van der Waals surface area contributed by atoms with Crippen molar-refractivity contribution in [1.29, 1.82) is 0 Å². The van der Waals surface area contributed by atoms with Crippen LogP contribution in [-0.4, -0.2) is 24.1 Å². The van der Waals surface area contributed by atoms with Gasteiger partial charge in [0, 0.05) is 15.9 Å². The van der Waals surface area contributed by atoms with Gasteiger partial charge in [-0.25, -0.2) is 0 Å². The number of carbonyl (C=O) groups is 2. The summed E-state index contributed by atoms with van der Waals surface area (Å²) in [6, 6.07) is 14.9. The SMILES string of the molecule is O=C(CSc1ccccc1C(=O)Nc1ccccc1Br)NCC1CCCCC1. The van der Waals surface area contributed by atoms with Crippen molar-refractivity contribution in [1.82, 2.24) is 5.32 Å². The molecule has 1 saturated carbocycles. The van der Waals surface area contributed by atoms with E-state index in [4.69, 9.17) is 0 Å². The first-order valence-corrected chi connectivity index (χ1v) is 11.5. The van der Waals surface area contributed by atoms with Crippen molar-refractivity contribution >= 4 is 45.2 Å². The molecule has 28 heavy (non-hydrogen) atoms. The van der Waals surface area contributed by atoms with Crippen LogP contribution in [-0.2, 0) is 4.79 Å². The molecule has 0 heterocycles. The predicted molar refractivity (Wildman–Crippen MR) is 119 cm³/mol. The van der Waals surface area contributed by atoms with E-state index in [-0.39, 0.29) is 11.8 Å². The standard InChI is InChI=1S/C22H25BrN2O2S/c23-18-11-5-6-12-19(18)25-22(27)17-10-4-7-13-20(17)28-15-21(26)24-14-16-8-2-1-3-9-16/h4-7,10-13,16H,1-3,8-9,14-15H2,(H,24,26)(H,25,27). The van der Waals surface area contributed by atoms with Gasteiger partial charge in [-0.2, -0.15) is 0 Å². The van der Waals surface area contributed by atoms with E-state index in [1.165, 1.54) is 43.9 Å². The van der Waals surface area contributed by atoms with Crippen LogP contribution in [0.15, 0.2) is 57.9 Å². The summed E-state index contributed by atoms with van der Waals surface area (Å²) in [6.45, 7) is 0.767. The first kappa shape index (κ1) is 20.9. The number of nitrogens with one attached hydrogen (secondary N) is 2. The number of anilines is 1. The average molecular weight is 461 g/mol. The number of rotatable bonds is 7. The lowest BCUT2D eigenvalue weighted by atomic mass is 9.89. The number of amides is 2. The summed E-state index contributed by atoms with van der Waals surface area (Å²) in [5.74, 6) is 0.769. The molecule has 0 saturated heterocycles. The van der Waals surface area contributed by atoms with Gasteiger partial charge in [0.15, 0.2) is 0 Å². The van der Waals surface area contributed by atoms with E-state index in [0.29, 0.717) is 17.2 Å². The molecule has 4 nitrogen and oxygen atoms in total. The second kappa shape index (κ2) is 10.7. The maximum Gasteiger partial charge on any atom is 0.256 e. The number of hydrogen-bond donors (Lipinski definition) is 2. The molecule has 0 unspecified atom stereocenters. The quantitative estimate of drug-likeness (QED) is 0.536. The molecule has 1 aliphatic rings. The molecule has 2 amide bonds. The van der Waals surface area contributed by atoms with Crippen LogP contribution in [0.25, 0.3) is 0 Å². The summed E-state index contributed by atoms with van der Waals surface area (Å²) in [6.07, 6.45) is 6.29. The van der Waals surface area contributed by atoms with Gasteiger partial charge in [0.2, 0.25) is 5.91 Å². The molecule has 0 atom stereocenters. The third-order valence-corrected chi connectivity index (χ3v) is 6.69. The monoisotopic (exact) mass is 460 g/mol. The zero-order valence-corrected chi connectivity index (χ0v) is 18.2. The Labute approximate surface area is 179 Å². The van der Waals surface area contributed by atoms with Crippen LogP contribution >= 0.6 is 27.7 Å². The highest BCUT2D eigenvalue weighted by molar-refractivity contribution is 9.10. The molecule has 0 spiro atoms. The number of carbonyl (C=O) groups excluding carboxylic acids is 2. The number of hydrogen-bond acceptors (Lipinski definition) is 3. The first-order valence-electron chi connectivity index (χ1n) is 9.68. The van der Waals surface area contributed by atoms with Gasteiger partial charge in [0.25, 0.3) is 5.91 Å². The Morgan fingerprint density at radius 1 is 1.00 bits per heavy atom. The fourth-order valence-corrected chi connectivity index (χ4v) is 4.64. The molecule has 6 heteroatoms. The number of para-hydroxylation sites is 1. The predicted octanol–water partition coefficient (Wildman–Crippen LogP) is 5.49. The van der Waals surface area contributed by atoms with Gasteiger partial charge >= 0.3 is 0 Å². The Balaban J connectivity index is 1.55. The van der Waals surface area contributed by atoms with Gasteiger partial charge in [-0.1, -0.05) is 43.5 Å². The third-order valence-electron chi connectivity index (χ3n) is 4.93. The number of benzene rings is 2. The topological polar surface area (TPSA) is 58.2 Å². The Hall–Kier alpha value is -1.79. The molecule has 2 N–H and O–H groups in total. The Kier molecular flexibility index (Phi) is 7.98. The van der Waals surface area contributed by atoms with Gasteiger partial charge < -0.3 is 10.6 Å². The minimum atomic E-state index is -0.183. The second-order valence-electron chi connectivity index (χ2n) is 7.03. The molecule has 0 bridgehead atoms. The molecule has 0 aliphatic heterocycles. The molecule has 1 aliphatic carbocycles. The van der Waals surface area contributed by atoms with Gasteiger partial charge in [-0.05, 0) is 59.0 Å². The summed E-state index contributed by atoms with van der Waals surface area (Å²) in [7, 11) is 0.